The number of nitrogen functional groups attached to an aromatic ring is 1. The molecular weight excluding hydrogens is 442 g/mol. The van der Waals surface area contributed by atoms with Crippen LogP contribution >= 0.6 is 0 Å². The molecule has 0 aliphatic rings. The van der Waals surface area contributed by atoms with Crippen LogP contribution in [0.3, 0.4) is 0 Å². The molecule has 0 fully saturated rings. The largest absolute Gasteiger partial charge is 0.493 e. The molecule has 1 amide bonds. The van der Waals surface area contributed by atoms with E-state index >= 15 is 0 Å². The topological polar surface area (TPSA) is 104 Å². The van der Waals surface area contributed by atoms with E-state index in [1.165, 1.54) is 0 Å². The first-order valence-corrected chi connectivity index (χ1v) is 11.2. The smallest absolute Gasteiger partial charge is 0.257 e. The van der Waals surface area contributed by atoms with E-state index in [0.717, 1.165) is 5.56 Å². The van der Waals surface area contributed by atoms with Crippen LogP contribution in [-0.4, -0.2) is 34.7 Å². The Morgan fingerprint density at radius 3 is 2.26 bits per heavy atom. The molecule has 0 bridgehead atoms. The number of hydrogen-bond donors (Lipinski definition) is 2. The van der Waals surface area contributed by atoms with E-state index < -0.39 is 0 Å². The highest BCUT2D eigenvalue weighted by Gasteiger charge is 2.26. The molecule has 8 nitrogen and oxygen atoms in total. The van der Waals surface area contributed by atoms with Crippen molar-refractivity contribution < 1.29 is 14.3 Å². The van der Waals surface area contributed by atoms with E-state index in [9.17, 15) is 4.79 Å². The number of carbonyl (C=O) groups excluding carboxylic acids is 1. The lowest BCUT2D eigenvalue weighted by Crippen LogP contribution is -2.27. The van der Waals surface area contributed by atoms with Crippen molar-refractivity contribution in [3.8, 4) is 17.2 Å². The first-order valence-electron chi connectivity index (χ1n) is 11.2. The second-order valence-electron chi connectivity index (χ2n) is 8.13. The van der Waals surface area contributed by atoms with Crippen LogP contribution in [0.5, 0.6) is 11.5 Å². The Morgan fingerprint density at radius 2 is 1.57 bits per heavy atom. The molecule has 0 spiro atoms. The Hall–Kier alpha value is -4.59. The van der Waals surface area contributed by atoms with Gasteiger partial charge in [0.05, 0.1) is 37.0 Å². The van der Waals surface area contributed by atoms with E-state index in [4.69, 9.17) is 25.2 Å². The molecule has 35 heavy (non-hydrogen) atoms. The maximum absolute atomic E-state index is 13.6. The van der Waals surface area contributed by atoms with Gasteiger partial charge in [0, 0.05) is 6.07 Å². The van der Waals surface area contributed by atoms with Crippen molar-refractivity contribution in [2.24, 2.45) is 0 Å². The van der Waals surface area contributed by atoms with Gasteiger partial charge in [0.15, 0.2) is 17.1 Å². The van der Waals surface area contributed by atoms with Crippen molar-refractivity contribution in [1.82, 2.24) is 19.9 Å². The normalized spacial score (nSPS) is 12.0. The van der Waals surface area contributed by atoms with Crippen LogP contribution in [0.2, 0.25) is 0 Å². The molecule has 8 heteroatoms. The average Bonchev–Trinajstić information content (AvgIpc) is 3.17. The predicted octanol–water partition coefficient (Wildman–Crippen LogP) is 4.66. The average molecular weight is 468 g/mol. The number of anilines is 1. The molecule has 5 rings (SSSR count). The molecule has 0 unspecified atom stereocenters. The maximum Gasteiger partial charge on any atom is 0.257 e. The third-order valence-electron chi connectivity index (χ3n) is 6.00. The predicted molar refractivity (Wildman–Crippen MR) is 136 cm³/mol. The van der Waals surface area contributed by atoms with Gasteiger partial charge >= 0.3 is 0 Å². The Kier molecular flexibility index (Phi) is 5.70. The number of carbonyl (C=O) groups is 1. The number of para-hydroxylation sites is 2. The number of hydrogen-bond acceptors (Lipinski definition) is 6. The summed E-state index contributed by atoms with van der Waals surface area (Å²) in [6, 6.07) is 22.4. The number of ether oxygens (including phenoxy) is 2. The lowest BCUT2D eigenvalue weighted by molar-refractivity contribution is 0.0942. The molecule has 2 aromatic heterocycles. The van der Waals surface area contributed by atoms with Gasteiger partial charge in [-0.25, -0.2) is 9.97 Å². The third-order valence-corrected chi connectivity index (χ3v) is 6.00. The summed E-state index contributed by atoms with van der Waals surface area (Å²) in [6.07, 6.45) is 0. The lowest BCUT2D eigenvalue weighted by atomic mass is 10.1. The highest BCUT2D eigenvalue weighted by Crippen LogP contribution is 2.35. The third kappa shape index (κ3) is 3.89. The summed E-state index contributed by atoms with van der Waals surface area (Å²) < 4.78 is 12.6. The van der Waals surface area contributed by atoms with Gasteiger partial charge in [-0.1, -0.05) is 42.5 Å². The SMILES string of the molecule is COc1ccc(-n2c(N)c(C(=O)N[C@@H](C)c3ccccc3)c3nc4ccccc4nc32)cc1OC. The van der Waals surface area contributed by atoms with Gasteiger partial charge in [-0.2, -0.15) is 0 Å². The molecule has 0 saturated carbocycles. The van der Waals surface area contributed by atoms with E-state index in [2.05, 4.69) is 5.32 Å². The van der Waals surface area contributed by atoms with E-state index in [-0.39, 0.29) is 23.3 Å². The van der Waals surface area contributed by atoms with Crippen molar-refractivity contribution in [2.45, 2.75) is 13.0 Å². The minimum atomic E-state index is -0.326. The number of nitrogens with two attached hydrogens (primary N) is 1. The molecule has 3 aromatic carbocycles. The molecule has 0 radical (unpaired) electrons. The van der Waals surface area contributed by atoms with Crippen molar-refractivity contribution in [3.05, 3.63) is 83.9 Å². The number of benzene rings is 3. The number of fused-ring (bicyclic) bond motifs is 2. The number of nitrogens with zero attached hydrogens (tertiary/aromatic N) is 3. The molecule has 0 aliphatic heterocycles. The van der Waals surface area contributed by atoms with Crippen molar-refractivity contribution >= 4 is 33.9 Å². The highest BCUT2D eigenvalue weighted by molar-refractivity contribution is 6.11. The van der Waals surface area contributed by atoms with Crippen molar-refractivity contribution in [2.75, 3.05) is 20.0 Å². The molecular formula is C27H25N5O3. The molecule has 2 heterocycles. The quantitative estimate of drug-likeness (QED) is 0.376. The Labute approximate surface area is 202 Å². The second kappa shape index (κ2) is 8.98. The van der Waals surface area contributed by atoms with Crippen LogP contribution in [-0.2, 0) is 0 Å². The first-order chi connectivity index (χ1) is 17.0. The fourth-order valence-electron chi connectivity index (χ4n) is 4.20. The van der Waals surface area contributed by atoms with Crippen LogP contribution in [0.4, 0.5) is 5.82 Å². The summed E-state index contributed by atoms with van der Waals surface area (Å²) in [5.41, 5.74) is 10.8. The Bertz CT molecular complexity index is 1550. The molecule has 1 atom stereocenters. The standard InChI is InChI=1S/C27H25N5O3/c1-16(17-9-5-4-6-10-17)29-27(33)23-24-26(31-20-12-8-7-11-19(20)30-24)32(25(23)28)18-13-14-21(34-2)22(15-18)35-3/h4-16H,28H2,1-3H3,(H,29,33)/t16-/m0/s1. The van der Waals surface area contributed by atoms with Gasteiger partial charge in [0.1, 0.15) is 16.9 Å². The number of methoxy groups -OCH3 is 2. The molecule has 0 aliphatic carbocycles. The number of nitrogens with one attached hydrogen (secondary N) is 1. The fourth-order valence-corrected chi connectivity index (χ4v) is 4.20. The fraction of sp³-hybridized carbons (Fsp3) is 0.148. The summed E-state index contributed by atoms with van der Waals surface area (Å²) in [5, 5.41) is 3.05. The monoisotopic (exact) mass is 467 g/mol. The van der Waals surface area contributed by atoms with Gasteiger partial charge in [-0.3, -0.25) is 9.36 Å². The Balaban J connectivity index is 1.70. The van der Waals surface area contributed by atoms with Gasteiger partial charge in [0.25, 0.3) is 5.91 Å². The maximum atomic E-state index is 13.6. The van der Waals surface area contributed by atoms with Gasteiger partial charge in [-0.15, -0.1) is 0 Å². The second-order valence-corrected chi connectivity index (χ2v) is 8.13. The molecule has 3 N–H and O–H groups in total. The van der Waals surface area contributed by atoms with Crippen LogP contribution in [0.15, 0.2) is 72.8 Å². The summed E-state index contributed by atoms with van der Waals surface area (Å²) in [4.78, 5) is 23.2. The van der Waals surface area contributed by atoms with Crippen LogP contribution in [0.1, 0.15) is 28.9 Å². The zero-order valence-corrected chi connectivity index (χ0v) is 19.6. The minimum Gasteiger partial charge on any atom is -0.493 e. The molecule has 0 saturated heterocycles. The van der Waals surface area contributed by atoms with Crippen LogP contribution in [0.25, 0.3) is 27.9 Å². The summed E-state index contributed by atoms with van der Waals surface area (Å²) in [5.74, 6) is 1.02. The summed E-state index contributed by atoms with van der Waals surface area (Å²) >= 11 is 0. The number of rotatable bonds is 6. The van der Waals surface area contributed by atoms with Crippen LogP contribution in [0, 0.1) is 0 Å². The van der Waals surface area contributed by atoms with Gasteiger partial charge < -0.3 is 20.5 Å². The van der Waals surface area contributed by atoms with E-state index in [0.29, 0.717) is 39.4 Å². The van der Waals surface area contributed by atoms with Crippen molar-refractivity contribution in [1.29, 1.82) is 0 Å². The first kappa shape index (κ1) is 22.2. The lowest BCUT2D eigenvalue weighted by Gasteiger charge is -2.15. The van der Waals surface area contributed by atoms with Gasteiger partial charge in [0.2, 0.25) is 0 Å². The van der Waals surface area contributed by atoms with Crippen molar-refractivity contribution in [3.63, 3.8) is 0 Å². The zero-order valence-electron chi connectivity index (χ0n) is 19.6. The minimum absolute atomic E-state index is 0.226. The van der Waals surface area contributed by atoms with Gasteiger partial charge in [-0.05, 0) is 36.8 Å². The summed E-state index contributed by atoms with van der Waals surface area (Å²) in [6.45, 7) is 1.93. The van der Waals surface area contributed by atoms with E-state index in [1.54, 1.807) is 30.9 Å². The molecule has 176 valence electrons. The zero-order chi connectivity index (χ0) is 24.5. The summed E-state index contributed by atoms with van der Waals surface area (Å²) in [7, 11) is 3.14. The molecule has 5 aromatic rings. The highest BCUT2D eigenvalue weighted by atomic mass is 16.5. The Morgan fingerprint density at radius 1 is 0.914 bits per heavy atom. The number of aromatic nitrogens is 3. The van der Waals surface area contributed by atoms with E-state index in [1.807, 2.05) is 67.6 Å². The van der Waals surface area contributed by atoms with Crippen LogP contribution < -0.4 is 20.5 Å². The number of amides is 1.